The van der Waals surface area contributed by atoms with E-state index in [2.05, 4.69) is 43.6 Å². The van der Waals surface area contributed by atoms with Crippen LogP contribution in [-0.4, -0.2) is 11.6 Å². The average molecular weight is 279 g/mol. The first-order chi connectivity index (χ1) is 8.69. The van der Waals surface area contributed by atoms with Gasteiger partial charge < -0.3 is 4.74 Å². The topological polar surface area (TPSA) is 22.1 Å². The van der Waals surface area contributed by atoms with E-state index in [1.54, 1.807) is 11.3 Å². The monoisotopic (exact) mass is 279 g/mol. The van der Waals surface area contributed by atoms with Gasteiger partial charge in [-0.25, -0.2) is 4.98 Å². The molecule has 96 valence electrons. The summed E-state index contributed by atoms with van der Waals surface area (Å²) < 4.78 is 5.66. The third-order valence-electron chi connectivity index (χ3n) is 2.40. The van der Waals surface area contributed by atoms with Crippen molar-refractivity contribution in [2.45, 2.75) is 19.6 Å². The van der Waals surface area contributed by atoms with Gasteiger partial charge in [0.2, 0.25) is 0 Å². The van der Waals surface area contributed by atoms with Crippen LogP contribution in [0.1, 0.15) is 19.5 Å². The Morgan fingerprint density at radius 2 is 2.00 bits per heavy atom. The van der Waals surface area contributed by atoms with E-state index in [4.69, 9.17) is 4.74 Å². The molecule has 0 bridgehead atoms. The van der Waals surface area contributed by atoms with Crippen molar-refractivity contribution in [1.29, 1.82) is 0 Å². The fourth-order valence-corrected chi connectivity index (χ4v) is 2.58. The number of ether oxygens (including phenoxy) is 1. The van der Waals surface area contributed by atoms with Gasteiger partial charge in [0.15, 0.2) is 0 Å². The van der Waals surface area contributed by atoms with Crippen LogP contribution in [0.15, 0.2) is 29.6 Å². The first-order valence-electron chi connectivity index (χ1n) is 5.97. The van der Waals surface area contributed by atoms with E-state index >= 15 is 0 Å². The van der Waals surface area contributed by atoms with E-state index in [-0.39, 0.29) is 0 Å². The van der Waals surface area contributed by atoms with Crippen LogP contribution in [0.2, 0.25) is 0 Å². The minimum atomic E-state index is 0.543. The molecule has 1 aromatic carbocycles. The molecule has 0 saturated heterocycles. The number of hydrogen-bond acceptors (Lipinski definition) is 4. The largest absolute Gasteiger partial charge is 0.493 e. The molecule has 2 nitrogen and oxygen atoms in total. The van der Waals surface area contributed by atoms with Crippen molar-refractivity contribution in [2.75, 3.05) is 6.61 Å². The molecule has 0 fully saturated rings. The summed E-state index contributed by atoms with van der Waals surface area (Å²) in [5, 5.41) is 3.08. The van der Waals surface area contributed by atoms with Gasteiger partial charge in [-0.3, -0.25) is 0 Å². The minimum absolute atomic E-state index is 0.543. The molecule has 1 heterocycles. The Bertz CT molecular complexity index is 491. The number of thiazole rings is 1. The smallest absolute Gasteiger partial charge is 0.123 e. The highest BCUT2D eigenvalue weighted by atomic mass is 32.1. The lowest BCUT2D eigenvalue weighted by molar-refractivity contribution is 0.271. The van der Waals surface area contributed by atoms with E-state index in [1.807, 2.05) is 17.5 Å². The second-order valence-electron chi connectivity index (χ2n) is 4.53. The third-order valence-corrected chi connectivity index (χ3v) is 3.66. The summed E-state index contributed by atoms with van der Waals surface area (Å²) in [6, 6.07) is 8.10. The van der Waals surface area contributed by atoms with Gasteiger partial charge in [-0.05, 0) is 30.2 Å². The first-order valence-corrected chi connectivity index (χ1v) is 7.48. The summed E-state index contributed by atoms with van der Waals surface area (Å²) in [6.07, 6.45) is 0. The van der Waals surface area contributed by atoms with Crippen LogP contribution in [0.4, 0.5) is 0 Å². The molecule has 0 unspecified atom stereocenters. The van der Waals surface area contributed by atoms with Gasteiger partial charge in [0.1, 0.15) is 10.8 Å². The molecule has 4 heteroatoms. The first kappa shape index (κ1) is 13.4. The predicted octanol–water partition coefficient (Wildman–Crippen LogP) is 4.27. The quantitative estimate of drug-likeness (QED) is 0.825. The third kappa shape index (κ3) is 3.50. The Morgan fingerprint density at radius 3 is 2.56 bits per heavy atom. The van der Waals surface area contributed by atoms with Crippen molar-refractivity contribution >= 4 is 24.0 Å². The molecule has 2 aromatic rings. The molecule has 1 aromatic heterocycles. The molecular formula is C14H17NOS2. The van der Waals surface area contributed by atoms with Crippen LogP contribution >= 0.6 is 24.0 Å². The minimum Gasteiger partial charge on any atom is -0.493 e. The van der Waals surface area contributed by atoms with Gasteiger partial charge in [-0.1, -0.05) is 13.8 Å². The molecule has 0 atom stereocenters. The SMILES string of the molecule is CC(C)COc1ccc(-c2nc(CS)cs2)cc1. The highest BCUT2D eigenvalue weighted by molar-refractivity contribution is 7.79. The van der Waals surface area contributed by atoms with Crippen LogP contribution in [0.25, 0.3) is 10.6 Å². The maximum absolute atomic E-state index is 5.66. The Morgan fingerprint density at radius 1 is 1.28 bits per heavy atom. The van der Waals surface area contributed by atoms with E-state index in [9.17, 15) is 0 Å². The Hall–Kier alpha value is -1.00. The Balaban J connectivity index is 2.07. The van der Waals surface area contributed by atoms with Gasteiger partial charge in [0.25, 0.3) is 0 Å². The van der Waals surface area contributed by atoms with Crippen LogP contribution in [0.5, 0.6) is 5.75 Å². The highest BCUT2D eigenvalue weighted by Crippen LogP contribution is 2.26. The van der Waals surface area contributed by atoms with E-state index in [0.29, 0.717) is 11.7 Å². The lowest BCUT2D eigenvalue weighted by Crippen LogP contribution is -2.04. The number of rotatable bonds is 5. The summed E-state index contributed by atoms with van der Waals surface area (Å²) in [5.74, 6) is 2.14. The van der Waals surface area contributed by atoms with E-state index in [0.717, 1.165) is 28.6 Å². The van der Waals surface area contributed by atoms with Crippen LogP contribution < -0.4 is 4.74 Å². The summed E-state index contributed by atoms with van der Waals surface area (Å²) in [6.45, 7) is 5.03. The van der Waals surface area contributed by atoms with Crippen LogP contribution in [-0.2, 0) is 5.75 Å². The van der Waals surface area contributed by atoms with E-state index < -0.39 is 0 Å². The summed E-state index contributed by atoms with van der Waals surface area (Å²) in [4.78, 5) is 4.50. The molecule has 0 radical (unpaired) electrons. The van der Waals surface area contributed by atoms with Crippen molar-refractivity contribution in [2.24, 2.45) is 5.92 Å². The van der Waals surface area contributed by atoms with Crippen LogP contribution in [0, 0.1) is 5.92 Å². The van der Waals surface area contributed by atoms with E-state index in [1.165, 1.54) is 0 Å². The van der Waals surface area contributed by atoms with Crippen molar-refractivity contribution in [3.8, 4) is 16.3 Å². The van der Waals surface area contributed by atoms with Crippen LogP contribution in [0.3, 0.4) is 0 Å². The van der Waals surface area contributed by atoms with Gasteiger partial charge in [-0.2, -0.15) is 12.6 Å². The van der Waals surface area contributed by atoms with Crippen molar-refractivity contribution in [3.05, 3.63) is 35.3 Å². The number of benzene rings is 1. The summed E-state index contributed by atoms with van der Waals surface area (Å²) in [5.41, 5.74) is 2.16. The van der Waals surface area contributed by atoms with Crippen molar-refractivity contribution in [1.82, 2.24) is 4.98 Å². The maximum atomic E-state index is 5.66. The second kappa shape index (κ2) is 6.25. The van der Waals surface area contributed by atoms with Gasteiger partial charge >= 0.3 is 0 Å². The highest BCUT2D eigenvalue weighted by Gasteiger charge is 2.04. The zero-order valence-corrected chi connectivity index (χ0v) is 12.3. The lowest BCUT2D eigenvalue weighted by atomic mass is 10.2. The molecular weight excluding hydrogens is 262 g/mol. The van der Waals surface area contributed by atoms with Gasteiger partial charge in [0.05, 0.1) is 12.3 Å². The fraction of sp³-hybridized carbons (Fsp3) is 0.357. The summed E-state index contributed by atoms with van der Waals surface area (Å²) >= 11 is 5.87. The molecule has 0 spiro atoms. The molecule has 2 rings (SSSR count). The summed E-state index contributed by atoms with van der Waals surface area (Å²) in [7, 11) is 0. The molecule has 0 aliphatic heterocycles. The predicted molar refractivity (Wildman–Crippen MR) is 80.6 cm³/mol. The lowest BCUT2D eigenvalue weighted by Gasteiger charge is -2.08. The molecule has 0 amide bonds. The Labute approximate surface area is 117 Å². The van der Waals surface area contributed by atoms with Gasteiger partial charge in [0, 0.05) is 16.7 Å². The molecule has 18 heavy (non-hydrogen) atoms. The van der Waals surface area contributed by atoms with Gasteiger partial charge in [-0.15, -0.1) is 11.3 Å². The number of nitrogens with zero attached hydrogens (tertiary/aromatic N) is 1. The standard InChI is InChI=1S/C14H17NOS2/c1-10(2)7-16-13-5-3-11(4-6-13)14-15-12(8-17)9-18-14/h3-6,9-10,17H,7-8H2,1-2H3. The van der Waals surface area contributed by atoms with Crippen molar-refractivity contribution < 1.29 is 4.74 Å². The zero-order chi connectivity index (χ0) is 13.0. The maximum Gasteiger partial charge on any atom is 0.123 e. The zero-order valence-electron chi connectivity index (χ0n) is 10.6. The number of hydrogen-bond donors (Lipinski definition) is 1. The average Bonchev–Trinajstić information content (AvgIpc) is 2.85. The molecule has 0 aliphatic carbocycles. The van der Waals surface area contributed by atoms with Crippen molar-refractivity contribution in [3.63, 3.8) is 0 Å². The second-order valence-corrected chi connectivity index (χ2v) is 5.71. The molecule has 0 N–H and O–H groups in total. The normalized spacial score (nSPS) is 10.9. The number of aromatic nitrogens is 1. The Kier molecular flexibility index (Phi) is 4.66. The molecule has 0 aliphatic rings. The molecule has 0 saturated carbocycles. The number of thiol groups is 1. The fourth-order valence-electron chi connectivity index (χ4n) is 1.47.